The number of nitrogens with one attached hydrogen (secondary N) is 1. The molecular formula is C13H16F3N. The first-order chi connectivity index (χ1) is 8.16. The average Bonchev–Trinajstić information content (AvgIpc) is 2.33. The highest BCUT2D eigenvalue weighted by Gasteiger charge is 2.17. The van der Waals surface area contributed by atoms with E-state index in [1.807, 2.05) is 0 Å². The summed E-state index contributed by atoms with van der Waals surface area (Å²) < 4.78 is 38.6. The van der Waals surface area contributed by atoms with E-state index in [2.05, 4.69) is 5.32 Å². The molecule has 94 valence electrons. The highest BCUT2D eigenvalue weighted by Crippen LogP contribution is 2.24. The molecule has 1 atom stereocenters. The minimum Gasteiger partial charge on any atom is -0.316 e. The summed E-state index contributed by atoms with van der Waals surface area (Å²) in [6.07, 6.45) is 0.116. The molecule has 1 aromatic rings. The van der Waals surface area contributed by atoms with Crippen LogP contribution < -0.4 is 5.32 Å². The maximum atomic E-state index is 13.5. The van der Waals surface area contributed by atoms with Crippen molar-refractivity contribution in [1.29, 1.82) is 0 Å². The molecule has 1 aromatic carbocycles. The van der Waals surface area contributed by atoms with E-state index in [-0.39, 0.29) is 11.4 Å². The SMILES string of the molecule is Fc1ccc(C(F)F)cc1CC1CCCNC1. The standard InChI is InChI=1S/C13H16F3N/c14-12-4-3-10(13(15)16)7-11(12)6-9-2-1-5-17-8-9/h3-4,7,9,13,17H,1-2,5-6,8H2. The lowest BCUT2D eigenvalue weighted by molar-refractivity contribution is 0.151. The summed E-state index contributed by atoms with van der Waals surface area (Å²) in [4.78, 5) is 0. The van der Waals surface area contributed by atoms with Gasteiger partial charge in [0, 0.05) is 5.56 Å². The Morgan fingerprint density at radius 3 is 2.82 bits per heavy atom. The molecular weight excluding hydrogens is 227 g/mol. The Kier molecular flexibility index (Phi) is 4.05. The molecule has 17 heavy (non-hydrogen) atoms. The highest BCUT2D eigenvalue weighted by atomic mass is 19.3. The lowest BCUT2D eigenvalue weighted by Crippen LogP contribution is -2.31. The van der Waals surface area contributed by atoms with Crippen LogP contribution in [0.4, 0.5) is 13.2 Å². The van der Waals surface area contributed by atoms with E-state index in [1.54, 1.807) is 0 Å². The molecule has 2 rings (SSSR count). The van der Waals surface area contributed by atoms with Gasteiger partial charge in [0.05, 0.1) is 0 Å². The van der Waals surface area contributed by atoms with Crippen molar-refractivity contribution in [3.05, 3.63) is 35.1 Å². The van der Waals surface area contributed by atoms with E-state index in [0.29, 0.717) is 17.9 Å². The Hall–Kier alpha value is -1.03. The molecule has 1 unspecified atom stereocenters. The van der Waals surface area contributed by atoms with Gasteiger partial charge >= 0.3 is 0 Å². The first-order valence-electron chi connectivity index (χ1n) is 5.94. The molecule has 0 bridgehead atoms. The van der Waals surface area contributed by atoms with Crippen LogP contribution in [-0.2, 0) is 6.42 Å². The van der Waals surface area contributed by atoms with Gasteiger partial charge in [-0.2, -0.15) is 0 Å². The van der Waals surface area contributed by atoms with Gasteiger partial charge in [-0.15, -0.1) is 0 Å². The summed E-state index contributed by atoms with van der Waals surface area (Å²) >= 11 is 0. The zero-order chi connectivity index (χ0) is 12.3. The van der Waals surface area contributed by atoms with Gasteiger partial charge in [0.25, 0.3) is 6.43 Å². The predicted molar refractivity (Wildman–Crippen MR) is 60.7 cm³/mol. The molecule has 4 heteroatoms. The molecule has 0 aromatic heterocycles. The van der Waals surface area contributed by atoms with Crippen LogP contribution in [0.25, 0.3) is 0 Å². The molecule has 0 spiro atoms. The zero-order valence-corrected chi connectivity index (χ0v) is 9.56. The lowest BCUT2D eigenvalue weighted by Gasteiger charge is -2.23. The van der Waals surface area contributed by atoms with Crippen molar-refractivity contribution >= 4 is 0 Å². The quantitative estimate of drug-likeness (QED) is 0.858. The fourth-order valence-corrected chi connectivity index (χ4v) is 2.30. The van der Waals surface area contributed by atoms with Crippen LogP contribution in [0.5, 0.6) is 0 Å². The van der Waals surface area contributed by atoms with E-state index in [1.165, 1.54) is 6.07 Å². The Morgan fingerprint density at radius 2 is 2.18 bits per heavy atom. The van der Waals surface area contributed by atoms with Gasteiger partial charge in [-0.25, -0.2) is 13.2 Å². The topological polar surface area (TPSA) is 12.0 Å². The smallest absolute Gasteiger partial charge is 0.263 e. The minimum absolute atomic E-state index is 0.0924. The first-order valence-corrected chi connectivity index (χ1v) is 5.94. The van der Waals surface area contributed by atoms with E-state index >= 15 is 0 Å². The molecule has 1 nitrogen and oxygen atoms in total. The largest absolute Gasteiger partial charge is 0.316 e. The first kappa shape index (κ1) is 12.4. The summed E-state index contributed by atoms with van der Waals surface area (Å²) in [5.74, 6) is -0.0221. The van der Waals surface area contributed by atoms with Crippen LogP contribution in [0.2, 0.25) is 0 Å². The van der Waals surface area contributed by atoms with Crippen LogP contribution in [0.1, 0.15) is 30.4 Å². The number of alkyl halides is 2. The molecule has 0 saturated carbocycles. The molecule has 1 N–H and O–H groups in total. The molecule has 0 radical (unpaired) electrons. The summed E-state index contributed by atoms with van der Waals surface area (Å²) in [7, 11) is 0. The van der Waals surface area contributed by atoms with E-state index in [0.717, 1.165) is 38.1 Å². The van der Waals surface area contributed by atoms with Crippen molar-refractivity contribution in [2.24, 2.45) is 5.92 Å². The Morgan fingerprint density at radius 1 is 1.35 bits per heavy atom. The second-order valence-electron chi connectivity index (χ2n) is 4.57. The van der Waals surface area contributed by atoms with Gasteiger partial charge in [0.15, 0.2) is 0 Å². The van der Waals surface area contributed by atoms with Crippen LogP contribution >= 0.6 is 0 Å². The Bertz CT molecular complexity index is 373. The van der Waals surface area contributed by atoms with Gasteiger partial charge in [-0.05, 0) is 56.0 Å². The average molecular weight is 243 g/mol. The molecule has 1 aliphatic rings. The Balaban J connectivity index is 2.10. The fraction of sp³-hybridized carbons (Fsp3) is 0.538. The zero-order valence-electron chi connectivity index (χ0n) is 9.56. The second-order valence-corrected chi connectivity index (χ2v) is 4.57. The van der Waals surface area contributed by atoms with Gasteiger partial charge in [0.1, 0.15) is 5.82 Å². The van der Waals surface area contributed by atoms with Crippen LogP contribution in [0.3, 0.4) is 0 Å². The van der Waals surface area contributed by atoms with Crippen molar-refractivity contribution in [3.8, 4) is 0 Å². The summed E-state index contributed by atoms with van der Waals surface area (Å²) in [5, 5.41) is 3.24. The van der Waals surface area contributed by atoms with Crippen LogP contribution in [-0.4, -0.2) is 13.1 Å². The summed E-state index contributed by atoms with van der Waals surface area (Å²) in [5.41, 5.74) is 0.321. The monoisotopic (exact) mass is 243 g/mol. The van der Waals surface area contributed by atoms with E-state index in [4.69, 9.17) is 0 Å². The fourth-order valence-electron chi connectivity index (χ4n) is 2.30. The number of rotatable bonds is 3. The number of piperidine rings is 1. The van der Waals surface area contributed by atoms with Crippen LogP contribution in [0, 0.1) is 11.7 Å². The number of halogens is 3. The third-order valence-corrected chi connectivity index (χ3v) is 3.23. The molecule has 1 saturated heterocycles. The molecule has 1 aliphatic heterocycles. The second kappa shape index (κ2) is 5.54. The highest BCUT2D eigenvalue weighted by molar-refractivity contribution is 5.26. The maximum Gasteiger partial charge on any atom is 0.263 e. The number of hydrogen-bond donors (Lipinski definition) is 1. The van der Waals surface area contributed by atoms with Gasteiger partial charge < -0.3 is 5.32 Å². The van der Waals surface area contributed by atoms with Gasteiger partial charge in [-0.1, -0.05) is 6.07 Å². The number of hydrogen-bond acceptors (Lipinski definition) is 1. The maximum absolute atomic E-state index is 13.5. The number of benzene rings is 1. The van der Waals surface area contributed by atoms with Crippen molar-refractivity contribution in [2.75, 3.05) is 13.1 Å². The van der Waals surface area contributed by atoms with Gasteiger partial charge in [-0.3, -0.25) is 0 Å². The predicted octanol–water partition coefficient (Wildman–Crippen LogP) is 3.31. The Labute approximate surface area is 99.0 Å². The molecule has 0 aliphatic carbocycles. The van der Waals surface area contributed by atoms with Crippen molar-refractivity contribution in [3.63, 3.8) is 0 Å². The van der Waals surface area contributed by atoms with Crippen molar-refractivity contribution in [1.82, 2.24) is 5.32 Å². The molecule has 1 heterocycles. The lowest BCUT2D eigenvalue weighted by atomic mass is 9.91. The molecule has 1 fully saturated rings. The van der Waals surface area contributed by atoms with Crippen molar-refractivity contribution < 1.29 is 13.2 Å². The van der Waals surface area contributed by atoms with E-state index < -0.39 is 6.43 Å². The summed E-state index contributed by atoms with van der Waals surface area (Å²) in [6, 6.07) is 3.60. The molecule has 0 amide bonds. The van der Waals surface area contributed by atoms with Crippen molar-refractivity contribution in [2.45, 2.75) is 25.7 Å². The third kappa shape index (κ3) is 3.22. The normalized spacial score (nSPS) is 20.8. The third-order valence-electron chi connectivity index (χ3n) is 3.23. The summed E-state index contributed by atoms with van der Waals surface area (Å²) in [6.45, 7) is 1.84. The van der Waals surface area contributed by atoms with Gasteiger partial charge in [0.2, 0.25) is 0 Å². The minimum atomic E-state index is -2.53. The van der Waals surface area contributed by atoms with Crippen LogP contribution in [0.15, 0.2) is 18.2 Å². The van der Waals surface area contributed by atoms with E-state index in [9.17, 15) is 13.2 Å².